The number of fused-ring (bicyclic) bond motifs is 1. The van der Waals surface area contributed by atoms with E-state index in [4.69, 9.17) is 0 Å². The van der Waals surface area contributed by atoms with Crippen LogP contribution < -0.4 is 0 Å². The molecule has 0 saturated heterocycles. The lowest BCUT2D eigenvalue weighted by atomic mass is 9.52. The van der Waals surface area contributed by atoms with Crippen LogP contribution in [0.15, 0.2) is 16.8 Å². The number of nitroso groups, excluding NO2 is 1. The summed E-state index contributed by atoms with van der Waals surface area (Å²) in [5.74, 6) is 2.85. The van der Waals surface area contributed by atoms with E-state index in [2.05, 4.69) is 38.9 Å². The summed E-state index contributed by atoms with van der Waals surface area (Å²) in [5.41, 5.74) is 2.12. The molecule has 3 aliphatic carbocycles. The van der Waals surface area contributed by atoms with Gasteiger partial charge in [0, 0.05) is 6.42 Å². The first-order valence-corrected chi connectivity index (χ1v) is 10.9. The topological polar surface area (TPSA) is 46.5 Å². The summed E-state index contributed by atoms with van der Waals surface area (Å²) in [6, 6.07) is -0.00168. The van der Waals surface area contributed by atoms with E-state index < -0.39 is 0 Å². The number of carbonyl (C=O) groups is 1. The zero-order chi connectivity index (χ0) is 18.9. The smallest absolute Gasteiger partial charge is 0.120 e. The molecular weight excluding hydrogens is 322 g/mol. The predicted molar refractivity (Wildman–Crippen MR) is 107 cm³/mol. The lowest BCUT2D eigenvalue weighted by Gasteiger charge is -2.52. The quantitative estimate of drug-likeness (QED) is 0.317. The van der Waals surface area contributed by atoms with E-state index >= 15 is 0 Å². The van der Waals surface area contributed by atoms with Crippen molar-refractivity contribution in [3.63, 3.8) is 0 Å². The molecule has 7 atom stereocenters. The van der Waals surface area contributed by atoms with Crippen LogP contribution in [-0.4, -0.2) is 12.3 Å². The van der Waals surface area contributed by atoms with Gasteiger partial charge in [0.2, 0.25) is 0 Å². The van der Waals surface area contributed by atoms with Gasteiger partial charge >= 0.3 is 0 Å². The van der Waals surface area contributed by atoms with Crippen LogP contribution in [-0.2, 0) is 4.79 Å². The van der Waals surface area contributed by atoms with Gasteiger partial charge in [-0.2, -0.15) is 4.91 Å². The van der Waals surface area contributed by atoms with Gasteiger partial charge in [-0.25, -0.2) is 0 Å². The molecule has 0 N–H and O–H groups in total. The number of nitrogens with zero attached hydrogens (tertiary/aromatic N) is 1. The molecule has 0 aromatic heterocycles. The minimum Gasteiger partial charge on any atom is -0.303 e. The fourth-order valence-electron chi connectivity index (χ4n) is 6.95. The summed E-state index contributed by atoms with van der Waals surface area (Å²) >= 11 is 0. The van der Waals surface area contributed by atoms with E-state index in [0.717, 1.165) is 50.2 Å². The highest BCUT2D eigenvalue weighted by molar-refractivity contribution is 5.49. The first-order chi connectivity index (χ1) is 12.4. The Hall–Kier alpha value is -0.990. The van der Waals surface area contributed by atoms with Crippen LogP contribution in [0.3, 0.4) is 0 Å². The summed E-state index contributed by atoms with van der Waals surface area (Å²) in [7, 11) is 0. The number of hydrogen-bond donors (Lipinski definition) is 0. The molecule has 0 bridgehead atoms. The van der Waals surface area contributed by atoms with Crippen LogP contribution in [0.4, 0.5) is 0 Å². The van der Waals surface area contributed by atoms with E-state index in [1.54, 1.807) is 0 Å². The van der Waals surface area contributed by atoms with Gasteiger partial charge in [0.15, 0.2) is 0 Å². The fraction of sp³-hybridized carbons (Fsp3) is 0.870. The third-order valence-electron chi connectivity index (χ3n) is 9.14. The van der Waals surface area contributed by atoms with E-state index in [-0.39, 0.29) is 11.5 Å². The molecule has 0 heterocycles. The highest BCUT2D eigenvalue weighted by Gasteiger charge is 2.53. The monoisotopic (exact) mass is 359 g/mol. The molecule has 146 valence electrons. The molecule has 3 aliphatic rings. The van der Waals surface area contributed by atoms with Gasteiger partial charge in [-0.1, -0.05) is 50.9 Å². The second kappa shape index (κ2) is 7.56. The van der Waals surface area contributed by atoms with Crippen LogP contribution in [0.1, 0.15) is 85.5 Å². The summed E-state index contributed by atoms with van der Waals surface area (Å²) in [6.45, 7) is 9.77. The molecule has 7 unspecified atom stereocenters. The standard InChI is InChI=1S/C23H37NO2/c1-5-22(3)17(7-6-14-25)9-11-21(22)20-10-8-18-15-19(24-26)12-13-23(18,4)16(20)2/h8,14,16-17,19-21H,5-7,9-13,15H2,1-4H3. The second-order valence-electron chi connectivity index (χ2n) is 9.82. The van der Waals surface area contributed by atoms with Crippen molar-refractivity contribution in [2.24, 2.45) is 39.7 Å². The molecule has 0 radical (unpaired) electrons. The van der Waals surface area contributed by atoms with Gasteiger partial charge in [0.05, 0.1) is 6.04 Å². The van der Waals surface area contributed by atoms with Crippen LogP contribution in [0.5, 0.6) is 0 Å². The number of aldehydes is 1. The predicted octanol–water partition coefficient (Wildman–Crippen LogP) is 6.32. The average molecular weight is 360 g/mol. The molecule has 0 aromatic carbocycles. The third-order valence-corrected chi connectivity index (χ3v) is 9.14. The van der Waals surface area contributed by atoms with Crippen molar-refractivity contribution in [3.05, 3.63) is 16.6 Å². The van der Waals surface area contributed by atoms with Crippen molar-refractivity contribution in [2.75, 3.05) is 0 Å². The Morgan fingerprint density at radius 1 is 1.27 bits per heavy atom. The Balaban J connectivity index is 1.83. The number of carbonyl (C=O) groups excluding carboxylic acids is 1. The van der Waals surface area contributed by atoms with Crippen molar-refractivity contribution < 1.29 is 4.79 Å². The maximum absolute atomic E-state index is 11.0. The Morgan fingerprint density at radius 3 is 2.69 bits per heavy atom. The maximum Gasteiger partial charge on any atom is 0.120 e. The largest absolute Gasteiger partial charge is 0.303 e. The third kappa shape index (κ3) is 3.10. The summed E-state index contributed by atoms with van der Waals surface area (Å²) in [4.78, 5) is 21.9. The van der Waals surface area contributed by atoms with Gasteiger partial charge in [-0.3, -0.25) is 0 Å². The average Bonchev–Trinajstić information content (AvgIpc) is 2.97. The van der Waals surface area contributed by atoms with Crippen molar-refractivity contribution >= 4 is 6.29 Å². The first-order valence-electron chi connectivity index (χ1n) is 10.9. The van der Waals surface area contributed by atoms with Crippen molar-refractivity contribution in [1.29, 1.82) is 0 Å². The molecule has 0 amide bonds. The van der Waals surface area contributed by atoms with Crippen LogP contribution >= 0.6 is 0 Å². The van der Waals surface area contributed by atoms with E-state index in [1.807, 2.05) is 0 Å². The highest BCUT2D eigenvalue weighted by Crippen LogP contribution is 2.61. The normalized spacial score (nSPS) is 45.7. The van der Waals surface area contributed by atoms with Crippen molar-refractivity contribution in [3.8, 4) is 0 Å². The van der Waals surface area contributed by atoms with Crippen molar-refractivity contribution in [1.82, 2.24) is 0 Å². The highest BCUT2D eigenvalue weighted by atomic mass is 16.3. The van der Waals surface area contributed by atoms with Gasteiger partial charge < -0.3 is 4.79 Å². The van der Waals surface area contributed by atoms with E-state index in [1.165, 1.54) is 31.3 Å². The minimum atomic E-state index is -0.00168. The zero-order valence-electron chi connectivity index (χ0n) is 17.2. The summed E-state index contributed by atoms with van der Waals surface area (Å²) < 4.78 is 0. The Morgan fingerprint density at radius 2 is 2.04 bits per heavy atom. The Bertz CT molecular complexity index is 571. The van der Waals surface area contributed by atoms with Gasteiger partial charge in [0.1, 0.15) is 6.29 Å². The minimum absolute atomic E-state index is 0.00168. The summed E-state index contributed by atoms with van der Waals surface area (Å²) in [6.07, 6.45) is 13.3. The maximum atomic E-state index is 11.0. The molecule has 0 aliphatic heterocycles. The lowest BCUT2D eigenvalue weighted by Crippen LogP contribution is -2.45. The molecule has 3 rings (SSSR count). The Labute approximate surface area is 159 Å². The van der Waals surface area contributed by atoms with E-state index in [0.29, 0.717) is 17.3 Å². The van der Waals surface area contributed by atoms with Crippen LogP contribution in [0, 0.1) is 39.4 Å². The van der Waals surface area contributed by atoms with Gasteiger partial charge in [-0.15, -0.1) is 0 Å². The summed E-state index contributed by atoms with van der Waals surface area (Å²) in [5, 5.41) is 3.35. The first kappa shape index (κ1) is 19.8. The molecule has 3 nitrogen and oxygen atoms in total. The lowest BCUT2D eigenvalue weighted by molar-refractivity contribution is -0.108. The molecule has 2 saturated carbocycles. The van der Waals surface area contributed by atoms with Gasteiger partial charge in [0.25, 0.3) is 0 Å². The SMILES string of the molecule is CCC1(C)C(CCC=O)CCC1C1CC=C2CC(N=O)CCC2(C)C1C. The number of allylic oxidation sites excluding steroid dienone is 1. The second-order valence-corrected chi connectivity index (χ2v) is 9.82. The molecule has 3 heteroatoms. The van der Waals surface area contributed by atoms with Crippen LogP contribution in [0.2, 0.25) is 0 Å². The van der Waals surface area contributed by atoms with Crippen molar-refractivity contribution in [2.45, 2.75) is 91.5 Å². The molecule has 26 heavy (non-hydrogen) atoms. The number of rotatable bonds is 6. The molecular formula is C23H37NO2. The molecule has 2 fully saturated rings. The number of hydrogen-bond acceptors (Lipinski definition) is 3. The molecule has 0 aromatic rings. The fourth-order valence-corrected chi connectivity index (χ4v) is 6.95. The van der Waals surface area contributed by atoms with Crippen LogP contribution in [0.25, 0.3) is 0 Å². The van der Waals surface area contributed by atoms with Gasteiger partial charge in [-0.05, 0) is 79.4 Å². The zero-order valence-corrected chi connectivity index (χ0v) is 17.2. The molecule has 0 spiro atoms. The Kier molecular flexibility index (Phi) is 5.75. The van der Waals surface area contributed by atoms with E-state index in [9.17, 15) is 9.70 Å².